The van der Waals surface area contributed by atoms with Gasteiger partial charge in [0.05, 0.1) is 0 Å². The lowest BCUT2D eigenvalue weighted by molar-refractivity contribution is 0.0988. The molecule has 2 heteroatoms. The first-order valence-corrected chi connectivity index (χ1v) is 6.51. The highest BCUT2D eigenvalue weighted by atomic mass is 35.5. The molecule has 0 radical (unpaired) electrons. The minimum atomic E-state index is 0.115. The van der Waals surface area contributed by atoms with E-state index in [1.165, 1.54) is 5.56 Å². The van der Waals surface area contributed by atoms with Crippen molar-refractivity contribution in [3.05, 3.63) is 34.4 Å². The SMILES string of the molecule is Cc1cc(C(C)(C)C)cc(C)c1C(=O)CCCl. The maximum absolute atomic E-state index is 12.0. The number of halogens is 1. The van der Waals surface area contributed by atoms with Crippen molar-refractivity contribution in [1.29, 1.82) is 0 Å². The van der Waals surface area contributed by atoms with Crippen LogP contribution in [0.3, 0.4) is 0 Å². The molecular weight excluding hydrogens is 232 g/mol. The summed E-state index contributed by atoms with van der Waals surface area (Å²) >= 11 is 5.63. The quantitative estimate of drug-likeness (QED) is 0.575. The van der Waals surface area contributed by atoms with E-state index < -0.39 is 0 Å². The molecule has 0 unspecified atom stereocenters. The summed E-state index contributed by atoms with van der Waals surface area (Å²) in [6, 6.07) is 4.24. The Morgan fingerprint density at radius 1 is 1.18 bits per heavy atom. The first-order valence-electron chi connectivity index (χ1n) is 5.98. The minimum absolute atomic E-state index is 0.115. The van der Waals surface area contributed by atoms with Gasteiger partial charge >= 0.3 is 0 Å². The number of rotatable bonds is 3. The van der Waals surface area contributed by atoms with Gasteiger partial charge in [0.2, 0.25) is 0 Å². The normalized spacial score (nSPS) is 11.6. The molecule has 1 rings (SSSR count). The maximum atomic E-state index is 12.0. The van der Waals surface area contributed by atoms with Crippen LogP contribution in [0.25, 0.3) is 0 Å². The maximum Gasteiger partial charge on any atom is 0.164 e. The van der Waals surface area contributed by atoms with Crippen LogP contribution in [-0.4, -0.2) is 11.7 Å². The van der Waals surface area contributed by atoms with Gasteiger partial charge in [0, 0.05) is 17.9 Å². The van der Waals surface area contributed by atoms with Crippen molar-refractivity contribution in [3.8, 4) is 0 Å². The van der Waals surface area contributed by atoms with Gasteiger partial charge in [-0.2, -0.15) is 0 Å². The van der Waals surface area contributed by atoms with Crippen molar-refractivity contribution in [2.45, 2.75) is 46.5 Å². The predicted octanol–water partition coefficient (Wildman–Crippen LogP) is 4.41. The summed E-state index contributed by atoms with van der Waals surface area (Å²) in [5, 5.41) is 0. The van der Waals surface area contributed by atoms with Crippen LogP contribution < -0.4 is 0 Å². The van der Waals surface area contributed by atoms with Gasteiger partial charge in [-0.3, -0.25) is 4.79 Å². The van der Waals surface area contributed by atoms with Gasteiger partial charge in [-0.15, -0.1) is 11.6 Å². The Balaban J connectivity index is 3.25. The largest absolute Gasteiger partial charge is 0.294 e. The number of hydrogen-bond donors (Lipinski definition) is 0. The van der Waals surface area contributed by atoms with Gasteiger partial charge in [-0.05, 0) is 36.0 Å². The molecule has 0 amide bonds. The molecule has 94 valence electrons. The monoisotopic (exact) mass is 252 g/mol. The summed E-state index contributed by atoms with van der Waals surface area (Å²) in [4.78, 5) is 12.0. The highest BCUT2D eigenvalue weighted by molar-refractivity contribution is 6.19. The Labute approximate surface area is 109 Å². The number of Topliss-reactive ketones (excluding diaryl/α,β-unsaturated/α-hetero) is 1. The zero-order valence-electron chi connectivity index (χ0n) is 11.4. The third kappa shape index (κ3) is 3.32. The van der Waals surface area contributed by atoms with E-state index in [0.717, 1.165) is 16.7 Å². The molecule has 17 heavy (non-hydrogen) atoms. The Kier molecular flexibility index (Phi) is 4.37. The van der Waals surface area contributed by atoms with Crippen molar-refractivity contribution in [3.63, 3.8) is 0 Å². The summed E-state index contributed by atoms with van der Waals surface area (Å²) in [6.07, 6.45) is 0.415. The van der Waals surface area contributed by atoms with Crippen LogP contribution in [0.4, 0.5) is 0 Å². The van der Waals surface area contributed by atoms with E-state index in [1.54, 1.807) is 0 Å². The molecule has 0 aliphatic heterocycles. The second kappa shape index (κ2) is 5.22. The van der Waals surface area contributed by atoms with E-state index in [1.807, 2.05) is 13.8 Å². The molecule has 0 spiro atoms. The second-order valence-corrected chi connectivity index (χ2v) is 5.98. The second-order valence-electron chi connectivity index (χ2n) is 5.60. The van der Waals surface area contributed by atoms with Crippen LogP contribution in [0, 0.1) is 13.8 Å². The molecule has 0 saturated carbocycles. The van der Waals surface area contributed by atoms with Crippen LogP contribution in [-0.2, 0) is 5.41 Å². The fourth-order valence-corrected chi connectivity index (χ4v) is 2.22. The molecule has 1 aromatic carbocycles. The third-order valence-corrected chi connectivity index (χ3v) is 3.19. The van der Waals surface area contributed by atoms with Gasteiger partial charge in [-0.1, -0.05) is 32.9 Å². The average Bonchev–Trinajstić information content (AvgIpc) is 2.15. The third-order valence-electron chi connectivity index (χ3n) is 3.00. The molecule has 1 aromatic rings. The topological polar surface area (TPSA) is 17.1 Å². The number of hydrogen-bond acceptors (Lipinski definition) is 1. The molecule has 0 heterocycles. The van der Waals surface area contributed by atoms with Crippen molar-refractivity contribution in [1.82, 2.24) is 0 Å². The lowest BCUT2D eigenvalue weighted by Gasteiger charge is -2.22. The van der Waals surface area contributed by atoms with Crippen LogP contribution in [0.2, 0.25) is 0 Å². The Hall–Kier alpha value is -0.820. The molecule has 0 aromatic heterocycles. The molecule has 1 nitrogen and oxygen atoms in total. The zero-order chi connectivity index (χ0) is 13.2. The van der Waals surface area contributed by atoms with Gasteiger partial charge < -0.3 is 0 Å². The molecule has 0 saturated heterocycles. The highest BCUT2D eigenvalue weighted by Gasteiger charge is 2.18. The summed E-state index contributed by atoms with van der Waals surface area (Å²) in [5.74, 6) is 0.536. The molecule has 0 aliphatic carbocycles. The van der Waals surface area contributed by atoms with E-state index in [-0.39, 0.29) is 11.2 Å². The number of carbonyl (C=O) groups excluding carboxylic acids is 1. The van der Waals surface area contributed by atoms with Gasteiger partial charge in [0.1, 0.15) is 0 Å². The summed E-state index contributed by atoms with van der Waals surface area (Å²) in [6.45, 7) is 10.6. The summed E-state index contributed by atoms with van der Waals surface area (Å²) < 4.78 is 0. The van der Waals surface area contributed by atoms with E-state index in [9.17, 15) is 4.79 Å². The highest BCUT2D eigenvalue weighted by Crippen LogP contribution is 2.27. The van der Waals surface area contributed by atoms with E-state index in [0.29, 0.717) is 12.3 Å². The summed E-state index contributed by atoms with van der Waals surface area (Å²) in [5.41, 5.74) is 4.35. The van der Waals surface area contributed by atoms with E-state index in [2.05, 4.69) is 32.9 Å². The molecule has 0 aliphatic rings. The molecule has 0 fully saturated rings. The van der Waals surface area contributed by atoms with Crippen LogP contribution >= 0.6 is 11.6 Å². The number of alkyl halides is 1. The Bertz CT molecular complexity index is 404. The molecule has 0 N–H and O–H groups in total. The zero-order valence-corrected chi connectivity index (χ0v) is 12.1. The molecule has 0 atom stereocenters. The van der Waals surface area contributed by atoms with Crippen LogP contribution in [0.15, 0.2) is 12.1 Å². The number of aryl methyl sites for hydroxylation is 2. The van der Waals surface area contributed by atoms with Crippen molar-refractivity contribution >= 4 is 17.4 Å². The number of ketones is 1. The van der Waals surface area contributed by atoms with E-state index in [4.69, 9.17) is 11.6 Å². The lowest BCUT2D eigenvalue weighted by atomic mass is 9.83. The standard InChI is InChI=1S/C15H21ClO/c1-10-8-12(15(3,4)5)9-11(2)14(10)13(17)6-7-16/h8-9H,6-7H2,1-5H3. The van der Waals surface area contributed by atoms with Crippen molar-refractivity contribution in [2.24, 2.45) is 0 Å². The first-order chi connectivity index (χ1) is 7.77. The van der Waals surface area contributed by atoms with Gasteiger partial charge in [0.15, 0.2) is 5.78 Å². The lowest BCUT2D eigenvalue weighted by Crippen LogP contribution is -2.14. The van der Waals surface area contributed by atoms with Crippen molar-refractivity contribution in [2.75, 3.05) is 5.88 Å². The fourth-order valence-electron chi connectivity index (χ4n) is 2.05. The molecule has 0 bridgehead atoms. The fraction of sp³-hybridized carbons (Fsp3) is 0.533. The smallest absolute Gasteiger partial charge is 0.164 e. The van der Waals surface area contributed by atoms with Crippen molar-refractivity contribution < 1.29 is 4.79 Å². The number of carbonyl (C=O) groups is 1. The molecular formula is C15H21ClO. The van der Waals surface area contributed by atoms with E-state index >= 15 is 0 Å². The number of benzene rings is 1. The van der Waals surface area contributed by atoms with Crippen LogP contribution in [0.5, 0.6) is 0 Å². The van der Waals surface area contributed by atoms with Gasteiger partial charge in [0.25, 0.3) is 0 Å². The Morgan fingerprint density at radius 3 is 2.00 bits per heavy atom. The minimum Gasteiger partial charge on any atom is -0.294 e. The summed E-state index contributed by atoms with van der Waals surface area (Å²) in [7, 11) is 0. The first kappa shape index (κ1) is 14.2. The van der Waals surface area contributed by atoms with Crippen LogP contribution in [0.1, 0.15) is 54.2 Å². The predicted molar refractivity (Wildman–Crippen MR) is 74.3 cm³/mol. The van der Waals surface area contributed by atoms with Gasteiger partial charge in [-0.25, -0.2) is 0 Å². The Morgan fingerprint density at radius 2 is 1.65 bits per heavy atom. The average molecular weight is 253 g/mol.